The van der Waals surface area contributed by atoms with Gasteiger partial charge < -0.3 is 19.4 Å². The SMILES string of the molecule is C=CC(=O)N1CCC(C(=O)N2CCC(N3CCOC3=O)CC2)(c2ccccc2)CC1. The lowest BCUT2D eigenvalue weighted by atomic mass is 9.71. The van der Waals surface area contributed by atoms with Gasteiger partial charge in [-0.25, -0.2) is 4.79 Å². The zero-order chi connectivity index (χ0) is 21.1. The summed E-state index contributed by atoms with van der Waals surface area (Å²) in [5.74, 6) is 0.0595. The second kappa shape index (κ2) is 8.50. The lowest BCUT2D eigenvalue weighted by Gasteiger charge is -2.45. The van der Waals surface area contributed by atoms with Gasteiger partial charge in [0.2, 0.25) is 11.8 Å². The van der Waals surface area contributed by atoms with Gasteiger partial charge in [-0.05, 0) is 37.3 Å². The van der Waals surface area contributed by atoms with Gasteiger partial charge in [-0.3, -0.25) is 9.59 Å². The van der Waals surface area contributed by atoms with Crippen molar-refractivity contribution in [2.24, 2.45) is 0 Å². The highest BCUT2D eigenvalue weighted by atomic mass is 16.6. The smallest absolute Gasteiger partial charge is 0.410 e. The van der Waals surface area contributed by atoms with Crippen LogP contribution in [0, 0.1) is 0 Å². The Morgan fingerprint density at radius 2 is 1.67 bits per heavy atom. The number of hydrogen-bond donors (Lipinski definition) is 0. The molecule has 0 spiro atoms. The number of amides is 3. The summed E-state index contributed by atoms with van der Waals surface area (Å²) in [4.78, 5) is 43.2. The second-order valence-electron chi connectivity index (χ2n) is 8.31. The van der Waals surface area contributed by atoms with E-state index in [0.717, 1.165) is 18.4 Å². The van der Waals surface area contributed by atoms with Gasteiger partial charge in [0, 0.05) is 32.2 Å². The molecule has 3 fully saturated rings. The predicted octanol–water partition coefficient (Wildman–Crippen LogP) is 2.18. The highest BCUT2D eigenvalue weighted by Crippen LogP contribution is 2.38. The molecular formula is C23H29N3O4. The first-order valence-electron chi connectivity index (χ1n) is 10.7. The molecule has 3 amide bonds. The molecule has 3 saturated heterocycles. The normalized spacial score (nSPS) is 22.0. The summed E-state index contributed by atoms with van der Waals surface area (Å²) in [7, 11) is 0. The van der Waals surface area contributed by atoms with Crippen LogP contribution in [0.15, 0.2) is 43.0 Å². The van der Waals surface area contributed by atoms with E-state index in [1.807, 2.05) is 35.2 Å². The van der Waals surface area contributed by atoms with Gasteiger partial charge in [0.25, 0.3) is 0 Å². The maximum atomic E-state index is 13.8. The van der Waals surface area contributed by atoms with Crippen molar-refractivity contribution in [3.05, 3.63) is 48.6 Å². The molecule has 7 nitrogen and oxygen atoms in total. The van der Waals surface area contributed by atoms with Crippen LogP contribution in [0.25, 0.3) is 0 Å². The molecule has 1 aromatic carbocycles. The molecule has 160 valence electrons. The molecule has 3 heterocycles. The summed E-state index contributed by atoms with van der Waals surface area (Å²) in [5.41, 5.74) is 0.407. The van der Waals surface area contributed by atoms with Gasteiger partial charge in [-0.15, -0.1) is 0 Å². The standard InChI is InChI=1S/C23H29N3O4/c1-2-20(27)24-14-10-23(11-15-24,18-6-4-3-5-7-18)21(28)25-12-8-19(9-13-25)26-16-17-30-22(26)29/h2-7,19H,1,8-17H2. The summed E-state index contributed by atoms with van der Waals surface area (Å²) in [6.45, 7) is 7.03. The topological polar surface area (TPSA) is 70.2 Å². The summed E-state index contributed by atoms with van der Waals surface area (Å²) in [5, 5.41) is 0. The van der Waals surface area contributed by atoms with Crippen LogP contribution in [-0.4, -0.2) is 78.0 Å². The number of nitrogens with zero attached hydrogens (tertiary/aromatic N) is 3. The average molecular weight is 412 g/mol. The summed E-state index contributed by atoms with van der Waals surface area (Å²) >= 11 is 0. The number of rotatable bonds is 4. The van der Waals surface area contributed by atoms with Crippen molar-refractivity contribution in [1.82, 2.24) is 14.7 Å². The number of cyclic esters (lactones) is 1. The molecule has 3 aliphatic rings. The van der Waals surface area contributed by atoms with E-state index in [1.54, 1.807) is 9.80 Å². The van der Waals surface area contributed by atoms with Crippen molar-refractivity contribution < 1.29 is 19.1 Å². The maximum absolute atomic E-state index is 13.8. The Labute approximate surface area is 177 Å². The van der Waals surface area contributed by atoms with Crippen molar-refractivity contribution in [3.63, 3.8) is 0 Å². The largest absolute Gasteiger partial charge is 0.448 e. The first kappa shape index (κ1) is 20.4. The van der Waals surface area contributed by atoms with E-state index in [0.29, 0.717) is 52.2 Å². The van der Waals surface area contributed by atoms with Crippen molar-refractivity contribution >= 4 is 17.9 Å². The number of carbonyl (C=O) groups excluding carboxylic acids is 3. The molecule has 3 aliphatic heterocycles. The molecular weight excluding hydrogens is 382 g/mol. The fraction of sp³-hybridized carbons (Fsp3) is 0.522. The molecule has 30 heavy (non-hydrogen) atoms. The molecule has 0 aliphatic carbocycles. The molecule has 4 rings (SSSR count). The van der Waals surface area contributed by atoms with Crippen molar-refractivity contribution in [2.75, 3.05) is 39.3 Å². The number of ether oxygens (including phenoxy) is 1. The Balaban J connectivity index is 1.49. The highest BCUT2D eigenvalue weighted by Gasteiger charge is 2.46. The second-order valence-corrected chi connectivity index (χ2v) is 8.31. The molecule has 0 aromatic heterocycles. The Morgan fingerprint density at radius 1 is 1.00 bits per heavy atom. The summed E-state index contributed by atoms with van der Waals surface area (Å²) in [6, 6.07) is 10.1. The Morgan fingerprint density at radius 3 is 2.23 bits per heavy atom. The minimum atomic E-state index is -0.612. The van der Waals surface area contributed by atoms with Gasteiger partial charge in [-0.2, -0.15) is 0 Å². The zero-order valence-corrected chi connectivity index (χ0v) is 17.3. The molecule has 0 saturated carbocycles. The molecule has 0 bridgehead atoms. The third-order valence-corrected chi connectivity index (χ3v) is 6.82. The van der Waals surface area contributed by atoms with Crippen LogP contribution in [0.2, 0.25) is 0 Å². The van der Waals surface area contributed by atoms with Gasteiger partial charge in [0.05, 0.1) is 12.0 Å². The molecule has 0 atom stereocenters. The maximum Gasteiger partial charge on any atom is 0.410 e. The van der Waals surface area contributed by atoms with E-state index < -0.39 is 5.41 Å². The third-order valence-electron chi connectivity index (χ3n) is 6.82. The van der Waals surface area contributed by atoms with Gasteiger partial charge in [-0.1, -0.05) is 36.9 Å². The van der Waals surface area contributed by atoms with E-state index in [-0.39, 0.29) is 23.9 Å². The number of hydrogen-bond acceptors (Lipinski definition) is 4. The Hall–Kier alpha value is -2.83. The van der Waals surface area contributed by atoms with E-state index >= 15 is 0 Å². The lowest BCUT2D eigenvalue weighted by Crippen LogP contribution is -2.56. The van der Waals surface area contributed by atoms with Crippen molar-refractivity contribution in [3.8, 4) is 0 Å². The quantitative estimate of drug-likeness (QED) is 0.712. The molecule has 0 unspecified atom stereocenters. The fourth-order valence-corrected chi connectivity index (χ4v) is 5.04. The third kappa shape index (κ3) is 3.68. The van der Waals surface area contributed by atoms with Crippen molar-refractivity contribution in [1.29, 1.82) is 0 Å². The van der Waals surface area contributed by atoms with Crippen LogP contribution in [0.1, 0.15) is 31.2 Å². The Bertz CT molecular complexity index is 809. The van der Waals surface area contributed by atoms with Crippen LogP contribution in [0.5, 0.6) is 0 Å². The molecule has 0 N–H and O–H groups in total. The highest BCUT2D eigenvalue weighted by molar-refractivity contribution is 5.90. The Kier molecular flexibility index (Phi) is 5.79. The van der Waals surface area contributed by atoms with Gasteiger partial charge in [0.1, 0.15) is 6.61 Å². The van der Waals surface area contributed by atoms with Crippen LogP contribution in [0.3, 0.4) is 0 Å². The molecule has 0 radical (unpaired) electrons. The summed E-state index contributed by atoms with van der Waals surface area (Å²) < 4.78 is 5.07. The first-order chi connectivity index (χ1) is 14.5. The number of carbonyl (C=O) groups is 3. The van der Waals surface area contributed by atoms with Crippen LogP contribution in [-0.2, 0) is 19.7 Å². The molecule has 7 heteroatoms. The van der Waals surface area contributed by atoms with E-state index in [4.69, 9.17) is 4.74 Å². The number of benzene rings is 1. The number of likely N-dealkylation sites (tertiary alicyclic amines) is 2. The molecule has 1 aromatic rings. The lowest BCUT2D eigenvalue weighted by molar-refractivity contribution is -0.143. The zero-order valence-electron chi connectivity index (χ0n) is 17.3. The fourth-order valence-electron chi connectivity index (χ4n) is 5.04. The van der Waals surface area contributed by atoms with Gasteiger partial charge in [0.15, 0.2) is 0 Å². The number of piperidine rings is 2. The van der Waals surface area contributed by atoms with E-state index in [9.17, 15) is 14.4 Å². The summed E-state index contributed by atoms with van der Waals surface area (Å²) in [6.07, 6.45) is 3.85. The van der Waals surface area contributed by atoms with E-state index in [2.05, 4.69) is 6.58 Å². The van der Waals surface area contributed by atoms with E-state index in [1.165, 1.54) is 6.08 Å². The van der Waals surface area contributed by atoms with Crippen LogP contribution >= 0.6 is 0 Å². The van der Waals surface area contributed by atoms with Crippen molar-refractivity contribution in [2.45, 2.75) is 37.1 Å². The van der Waals surface area contributed by atoms with Crippen LogP contribution < -0.4 is 0 Å². The van der Waals surface area contributed by atoms with Crippen LogP contribution in [0.4, 0.5) is 4.79 Å². The minimum Gasteiger partial charge on any atom is -0.448 e. The van der Waals surface area contributed by atoms with Gasteiger partial charge >= 0.3 is 6.09 Å². The monoisotopic (exact) mass is 411 g/mol. The average Bonchev–Trinajstić information content (AvgIpc) is 3.24. The predicted molar refractivity (Wildman–Crippen MR) is 112 cm³/mol. The first-order valence-corrected chi connectivity index (χ1v) is 10.7. The minimum absolute atomic E-state index is 0.0811.